The summed E-state index contributed by atoms with van der Waals surface area (Å²) in [6.45, 7) is -0.628. The summed E-state index contributed by atoms with van der Waals surface area (Å²) < 4.78 is 20.6. The van der Waals surface area contributed by atoms with Gasteiger partial charge in [-0.2, -0.15) is 0 Å². The lowest BCUT2D eigenvalue weighted by atomic mass is 10.1. The van der Waals surface area contributed by atoms with Gasteiger partial charge >= 0.3 is 5.97 Å². The van der Waals surface area contributed by atoms with Crippen LogP contribution in [0.1, 0.15) is 31.3 Å². The van der Waals surface area contributed by atoms with Crippen LogP contribution in [0.3, 0.4) is 0 Å². The van der Waals surface area contributed by atoms with E-state index >= 15 is 0 Å². The molecule has 11 heteroatoms. The van der Waals surface area contributed by atoms with Crippen molar-refractivity contribution in [2.24, 2.45) is 0 Å². The average Bonchev–Trinajstić information content (AvgIpc) is 3.37. The second-order valence-corrected chi connectivity index (χ2v) is 6.49. The first kappa shape index (κ1) is 23.0. The Kier molecular flexibility index (Phi) is 7.03. The lowest BCUT2D eigenvalue weighted by Crippen LogP contribution is -2.18. The van der Waals surface area contributed by atoms with Gasteiger partial charge in [0.2, 0.25) is 0 Å². The second-order valence-electron chi connectivity index (χ2n) is 6.49. The smallest absolute Gasteiger partial charge is 0.340 e. The number of methoxy groups -OCH3 is 2. The Morgan fingerprint density at radius 3 is 2.27 bits per heavy atom. The van der Waals surface area contributed by atoms with Crippen molar-refractivity contribution in [3.8, 4) is 11.5 Å². The highest BCUT2D eigenvalue weighted by atomic mass is 16.6. The van der Waals surface area contributed by atoms with E-state index in [1.165, 1.54) is 69.0 Å². The third-order valence-corrected chi connectivity index (χ3v) is 4.47. The van der Waals surface area contributed by atoms with Crippen LogP contribution < -0.4 is 14.8 Å². The van der Waals surface area contributed by atoms with E-state index in [1.807, 2.05) is 0 Å². The molecular formula is C22H18N2O9. The van der Waals surface area contributed by atoms with E-state index in [2.05, 4.69) is 5.32 Å². The fourth-order valence-electron chi connectivity index (χ4n) is 2.80. The largest absolute Gasteiger partial charge is 0.493 e. The molecule has 0 saturated heterocycles. The van der Waals surface area contributed by atoms with Gasteiger partial charge in [-0.05, 0) is 24.3 Å². The number of nitro groups is 1. The number of non-ortho nitro benzene ring substituents is 1. The molecule has 3 aromatic rings. The van der Waals surface area contributed by atoms with E-state index in [9.17, 15) is 24.5 Å². The molecule has 0 saturated carbocycles. The molecule has 1 aromatic heterocycles. The van der Waals surface area contributed by atoms with Gasteiger partial charge in [0, 0.05) is 29.8 Å². The number of Topliss-reactive ketones (excluding diaryl/α,β-unsaturated/α-hetero) is 1. The Balaban J connectivity index is 1.80. The number of carbonyl (C=O) groups excluding carboxylic acids is 3. The van der Waals surface area contributed by atoms with E-state index < -0.39 is 29.2 Å². The number of rotatable bonds is 9. The van der Waals surface area contributed by atoms with Crippen LogP contribution in [0, 0.1) is 10.1 Å². The molecule has 0 atom stereocenters. The van der Waals surface area contributed by atoms with Gasteiger partial charge in [0.05, 0.1) is 36.7 Å². The summed E-state index contributed by atoms with van der Waals surface area (Å²) in [4.78, 5) is 47.6. The second kappa shape index (κ2) is 10.1. The number of furan rings is 1. The van der Waals surface area contributed by atoms with Gasteiger partial charge in [0.25, 0.3) is 11.6 Å². The van der Waals surface area contributed by atoms with Crippen LogP contribution in [0.15, 0.2) is 59.2 Å². The van der Waals surface area contributed by atoms with Crippen molar-refractivity contribution in [3.63, 3.8) is 0 Å². The number of hydrogen-bond donors (Lipinski definition) is 1. The highest BCUT2D eigenvalue weighted by Crippen LogP contribution is 2.34. The maximum absolute atomic E-state index is 12.7. The molecule has 3 rings (SSSR count). The number of hydrogen-bond acceptors (Lipinski definition) is 9. The summed E-state index contributed by atoms with van der Waals surface area (Å²) in [5.74, 6) is -1.66. The number of amides is 1. The normalized spacial score (nSPS) is 10.2. The third kappa shape index (κ3) is 5.34. The lowest BCUT2D eigenvalue weighted by Gasteiger charge is -2.15. The molecule has 0 aliphatic carbocycles. The molecule has 0 spiro atoms. The van der Waals surface area contributed by atoms with Crippen LogP contribution in [-0.4, -0.2) is 43.4 Å². The van der Waals surface area contributed by atoms with Crippen molar-refractivity contribution < 1.29 is 37.9 Å². The van der Waals surface area contributed by atoms with E-state index in [0.29, 0.717) is 0 Å². The average molecular weight is 454 g/mol. The van der Waals surface area contributed by atoms with Crippen molar-refractivity contribution in [1.29, 1.82) is 0 Å². The van der Waals surface area contributed by atoms with Crippen LogP contribution in [-0.2, 0) is 4.74 Å². The predicted octanol–water partition coefficient (Wildman–Crippen LogP) is 3.50. The number of ketones is 1. The molecule has 0 bridgehead atoms. The highest BCUT2D eigenvalue weighted by molar-refractivity contribution is 6.07. The number of benzene rings is 2. The quantitative estimate of drug-likeness (QED) is 0.222. The Labute approximate surface area is 187 Å². The summed E-state index contributed by atoms with van der Waals surface area (Å²) >= 11 is 0. The fraction of sp³-hybridized carbons (Fsp3) is 0.136. The van der Waals surface area contributed by atoms with E-state index in [1.54, 1.807) is 0 Å². The maximum atomic E-state index is 12.7. The molecule has 0 aliphatic rings. The number of nitrogens with one attached hydrogen (secondary N) is 1. The topological polar surface area (TPSA) is 147 Å². The lowest BCUT2D eigenvalue weighted by molar-refractivity contribution is -0.384. The fourth-order valence-corrected chi connectivity index (χ4v) is 2.80. The number of anilines is 1. The minimum atomic E-state index is -0.916. The molecule has 170 valence electrons. The molecule has 11 nitrogen and oxygen atoms in total. The van der Waals surface area contributed by atoms with Gasteiger partial charge in [-0.25, -0.2) is 4.79 Å². The molecule has 0 radical (unpaired) electrons. The first-order valence-corrected chi connectivity index (χ1v) is 9.39. The summed E-state index contributed by atoms with van der Waals surface area (Å²) in [5, 5.41) is 13.3. The number of nitro benzene ring substituents is 1. The summed E-state index contributed by atoms with van der Waals surface area (Å²) in [6, 6.07) is 10.5. The molecule has 1 heterocycles. The van der Waals surface area contributed by atoms with Crippen molar-refractivity contribution in [1.82, 2.24) is 0 Å². The van der Waals surface area contributed by atoms with Gasteiger partial charge in [0.1, 0.15) is 0 Å². The highest BCUT2D eigenvalue weighted by Gasteiger charge is 2.22. The van der Waals surface area contributed by atoms with E-state index in [4.69, 9.17) is 18.6 Å². The van der Waals surface area contributed by atoms with Crippen molar-refractivity contribution in [2.45, 2.75) is 0 Å². The Morgan fingerprint density at radius 2 is 1.70 bits per heavy atom. The first-order chi connectivity index (χ1) is 15.8. The molecular weight excluding hydrogens is 436 g/mol. The molecule has 33 heavy (non-hydrogen) atoms. The zero-order valence-corrected chi connectivity index (χ0v) is 17.5. The zero-order valence-electron chi connectivity index (χ0n) is 17.5. The predicted molar refractivity (Wildman–Crippen MR) is 114 cm³/mol. The van der Waals surface area contributed by atoms with Crippen LogP contribution >= 0.6 is 0 Å². The van der Waals surface area contributed by atoms with E-state index in [0.717, 1.165) is 0 Å². The minimum absolute atomic E-state index is 0.0115. The molecule has 0 fully saturated rings. The Morgan fingerprint density at radius 1 is 1.03 bits per heavy atom. The van der Waals surface area contributed by atoms with Gasteiger partial charge < -0.3 is 23.9 Å². The number of nitrogens with zero attached hydrogens (tertiary/aromatic N) is 1. The standard InChI is InChI=1S/C22H18N2O9/c1-30-19-10-15(16(11-20(19)31-2)23-21(26)18-4-3-9-32-18)22(27)33-12-17(25)13-5-7-14(8-6-13)24(28)29/h3-11H,12H2,1-2H3,(H,23,26). The number of esters is 1. The van der Waals surface area contributed by atoms with Gasteiger partial charge in [-0.15, -0.1) is 0 Å². The Bertz CT molecular complexity index is 1190. The van der Waals surface area contributed by atoms with Crippen molar-refractivity contribution in [2.75, 3.05) is 26.1 Å². The van der Waals surface area contributed by atoms with Crippen molar-refractivity contribution in [3.05, 3.63) is 81.8 Å². The van der Waals surface area contributed by atoms with Crippen LogP contribution in [0.2, 0.25) is 0 Å². The van der Waals surface area contributed by atoms with Crippen LogP contribution in [0.5, 0.6) is 11.5 Å². The maximum Gasteiger partial charge on any atom is 0.340 e. The summed E-state index contributed by atoms with van der Waals surface area (Å²) in [5.41, 5.74) is -0.0937. The molecule has 1 amide bonds. The number of carbonyl (C=O) groups is 3. The minimum Gasteiger partial charge on any atom is -0.493 e. The summed E-state index contributed by atoms with van der Waals surface area (Å²) in [7, 11) is 2.75. The van der Waals surface area contributed by atoms with Crippen LogP contribution in [0.25, 0.3) is 0 Å². The molecule has 0 unspecified atom stereocenters. The molecule has 1 N–H and O–H groups in total. The molecule has 2 aromatic carbocycles. The Hall–Kier alpha value is -4.67. The van der Waals surface area contributed by atoms with Crippen molar-refractivity contribution >= 4 is 29.0 Å². The zero-order chi connectivity index (χ0) is 24.0. The van der Waals surface area contributed by atoms with E-state index in [-0.39, 0.29) is 39.8 Å². The van der Waals surface area contributed by atoms with Gasteiger partial charge in [-0.1, -0.05) is 0 Å². The van der Waals surface area contributed by atoms with Gasteiger partial charge in [0.15, 0.2) is 29.6 Å². The summed E-state index contributed by atoms with van der Waals surface area (Å²) in [6.07, 6.45) is 1.32. The van der Waals surface area contributed by atoms with Crippen LogP contribution in [0.4, 0.5) is 11.4 Å². The monoisotopic (exact) mass is 454 g/mol. The SMILES string of the molecule is COc1cc(NC(=O)c2ccco2)c(C(=O)OCC(=O)c2ccc([N+](=O)[O-])cc2)cc1OC. The van der Waals surface area contributed by atoms with Gasteiger partial charge in [-0.3, -0.25) is 19.7 Å². The third-order valence-electron chi connectivity index (χ3n) is 4.47. The number of ether oxygens (including phenoxy) is 3. The molecule has 0 aliphatic heterocycles. The first-order valence-electron chi connectivity index (χ1n) is 9.39.